The normalized spacial score (nSPS) is 21.3. The molecule has 29 heavy (non-hydrogen) atoms. The molecule has 3 atom stereocenters. The summed E-state index contributed by atoms with van der Waals surface area (Å²) in [7, 11) is 0. The zero-order valence-corrected chi connectivity index (χ0v) is 18.8. The molecule has 1 aliphatic carbocycles. The lowest BCUT2D eigenvalue weighted by molar-refractivity contribution is -0.121. The van der Waals surface area contributed by atoms with E-state index in [1.807, 2.05) is 6.08 Å². The second-order valence-corrected chi connectivity index (χ2v) is 10.2. The van der Waals surface area contributed by atoms with Crippen LogP contribution in [0.25, 0.3) is 0 Å². The zero-order valence-electron chi connectivity index (χ0n) is 17.2. The predicted molar refractivity (Wildman–Crippen MR) is 117 cm³/mol. The minimum Gasteiger partial charge on any atom is -0.476 e. The lowest BCUT2D eigenvalue weighted by Crippen LogP contribution is -2.20. The molecule has 1 aromatic rings. The summed E-state index contributed by atoms with van der Waals surface area (Å²) in [5.41, 5.74) is -0.981. The van der Waals surface area contributed by atoms with E-state index in [4.69, 9.17) is 5.11 Å². The van der Waals surface area contributed by atoms with Gasteiger partial charge in [0.25, 0.3) is 0 Å². The smallest absolute Gasteiger partial charge is 0.355 e. The summed E-state index contributed by atoms with van der Waals surface area (Å²) in [5.74, 6) is 6.62. The van der Waals surface area contributed by atoms with E-state index >= 15 is 0 Å². The molecule has 1 heterocycles. The number of carboxylic acid groups (broad SMARTS) is 1. The third kappa shape index (κ3) is 7.96. The van der Waals surface area contributed by atoms with E-state index in [0.29, 0.717) is 18.8 Å². The van der Waals surface area contributed by atoms with E-state index in [1.54, 1.807) is 6.92 Å². The Bertz CT molecular complexity index is 801. The number of nitrogens with zero attached hydrogens (tertiary/aromatic N) is 1. The predicted octanol–water partition coefficient (Wildman–Crippen LogP) is 4.67. The summed E-state index contributed by atoms with van der Waals surface area (Å²) in [6.07, 6.45) is 7.40. The number of aromatic nitrogens is 1. The first-order chi connectivity index (χ1) is 13.7. The van der Waals surface area contributed by atoms with Crippen LogP contribution in [0.1, 0.15) is 63.4 Å². The second-order valence-electron chi connectivity index (χ2n) is 8.02. The number of rotatable bonds is 9. The van der Waals surface area contributed by atoms with E-state index in [0.717, 1.165) is 29.4 Å². The Morgan fingerprint density at radius 2 is 2.28 bits per heavy atom. The van der Waals surface area contributed by atoms with Crippen molar-refractivity contribution in [2.75, 3.05) is 5.75 Å². The highest BCUT2D eigenvalue weighted by molar-refractivity contribution is 8.01. The van der Waals surface area contributed by atoms with Gasteiger partial charge in [0, 0.05) is 36.3 Å². The number of carbonyl (C=O) groups excluding carboxylic acids is 1. The van der Waals surface area contributed by atoms with Crippen molar-refractivity contribution in [3.05, 3.63) is 23.2 Å². The minimum atomic E-state index is -1.05. The SMILES string of the molecule is CC(C)CC#C[C@@](C)(O)CC=C[C@H]1CCC(=O)[C@@H]1CCSc1nc(C(=O)O)cs1. The molecule has 0 radical (unpaired) electrons. The molecule has 1 aromatic heterocycles. The number of thioether (sulfide) groups is 1. The van der Waals surface area contributed by atoms with Crippen LogP contribution in [0.15, 0.2) is 21.9 Å². The van der Waals surface area contributed by atoms with Gasteiger partial charge < -0.3 is 10.2 Å². The molecule has 0 amide bonds. The van der Waals surface area contributed by atoms with Crippen LogP contribution in [-0.4, -0.2) is 38.3 Å². The molecule has 0 spiro atoms. The van der Waals surface area contributed by atoms with Crippen LogP contribution >= 0.6 is 23.1 Å². The van der Waals surface area contributed by atoms with Gasteiger partial charge in [-0.05, 0) is 31.6 Å². The fraction of sp³-hybridized carbons (Fsp3) is 0.591. The first kappa shape index (κ1) is 23.7. The van der Waals surface area contributed by atoms with Gasteiger partial charge in [-0.1, -0.05) is 43.7 Å². The topological polar surface area (TPSA) is 87.5 Å². The second kappa shape index (κ2) is 11.0. The van der Waals surface area contributed by atoms with E-state index in [9.17, 15) is 14.7 Å². The van der Waals surface area contributed by atoms with Gasteiger partial charge in [-0.25, -0.2) is 9.78 Å². The lowest BCUT2D eigenvalue weighted by Gasteiger charge is -2.16. The van der Waals surface area contributed by atoms with E-state index in [-0.39, 0.29) is 23.3 Å². The standard InChI is InChI=1S/C22H29NO4S2/c1-15(2)6-4-11-22(3,27)12-5-7-16-8-9-19(24)17(16)10-13-28-21-23-18(14-29-21)20(25)26/h5,7,14-17,27H,6,8-10,12-13H2,1-3H3,(H,25,26)/t16-,17+,22+/m0/s1. The summed E-state index contributed by atoms with van der Waals surface area (Å²) < 4.78 is 0.718. The molecule has 0 bridgehead atoms. The fourth-order valence-corrected chi connectivity index (χ4v) is 5.10. The Labute approximate surface area is 181 Å². The van der Waals surface area contributed by atoms with Crippen molar-refractivity contribution in [1.82, 2.24) is 4.98 Å². The average molecular weight is 436 g/mol. The molecular formula is C22H29NO4S2. The van der Waals surface area contributed by atoms with Crippen LogP contribution in [0.2, 0.25) is 0 Å². The number of carboxylic acids is 1. The number of ketones is 1. The van der Waals surface area contributed by atoms with Crippen molar-refractivity contribution < 1.29 is 19.8 Å². The molecule has 0 aromatic carbocycles. The van der Waals surface area contributed by atoms with E-state index in [2.05, 4.69) is 36.7 Å². The molecule has 1 aliphatic rings. The van der Waals surface area contributed by atoms with Crippen molar-refractivity contribution >= 4 is 34.9 Å². The number of carbonyl (C=O) groups is 2. The lowest BCUT2D eigenvalue weighted by atomic mass is 9.91. The van der Waals surface area contributed by atoms with Gasteiger partial charge in [0.15, 0.2) is 10.0 Å². The molecule has 0 aliphatic heterocycles. The molecule has 5 nitrogen and oxygen atoms in total. The third-order valence-corrected chi connectivity index (χ3v) is 6.83. The van der Waals surface area contributed by atoms with Crippen LogP contribution in [-0.2, 0) is 4.79 Å². The number of hydrogen-bond donors (Lipinski definition) is 2. The van der Waals surface area contributed by atoms with Crippen molar-refractivity contribution in [2.24, 2.45) is 17.8 Å². The number of thiazole rings is 1. The molecule has 1 fully saturated rings. The molecule has 2 rings (SSSR count). The summed E-state index contributed by atoms with van der Waals surface area (Å²) >= 11 is 2.82. The highest BCUT2D eigenvalue weighted by atomic mass is 32.2. The summed E-state index contributed by atoms with van der Waals surface area (Å²) in [6.45, 7) is 5.91. The van der Waals surface area contributed by atoms with Crippen molar-refractivity contribution in [3.8, 4) is 11.8 Å². The van der Waals surface area contributed by atoms with Crippen LogP contribution in [0, 0.1) is 29.6 Å². The van der Waals surface area contributed by atoms with E-state index in [1.165, 1.54) is 28.5 Å². The monoisotopic (exact) mass is 435 g/mol. The van der Waals surface area contributed by atoms with Gasteiger partial charge in [0.1, 0.15) is 11.4 Å². The summed E-state index contributed by atoms with van der Waals surface area (Å²) in [5, 5.41) is 20.9. The number of Topliss-reactive ketones (excluding diaryl/α,β-unsaturated/α-hetero) is 1. The Morgan fingerprint density at radius 3 is 2.93 bits per heavy atom. The summed E-state index contributed by atoms with van der Waals surface area (Å²) in [6, 6.07) is 0. The molecule has 2 N–H and O–H groups in total. The fourth-order valence-electron chi connectivity index (χ4n) is 3.20. The Balaban J connectivity index is 1.84. The first-order valence-corrected chi connectivity index (χ1v) is 11.8. The number of aliphatic hydroxyl groups is 1. The van der Waals surface area contributed by atoms with Crippen molar-refractivity contribution in [2.45, 2.75) is 62.8 Å². The van der Waals surface area contributed by atoms with Crippen molar-refractivity contribution in [1.29, 1.82) is 0 Å². The van der Waals surface area contributed by atoms with Gasteiger partial charge in [-0.3, -0.25) is 4.79 Å². The quantitative estimate of drug-likeness (QED) is 0.333. The third-order valence-electron chi connectivity index (χ3n) is 4.78. The van der Waals surface area contributed by atoms with E-state index < -0.39 is 11.6 Å². The van der Waals surface area contributed by atoms with Gasteiger partial charge in [0.2, 0.25) is 0 Å². The Morgan fingerprint density at radius 1 is 1.52 bits per heavy atom. The van der Waals surface area contributed by atoms with Crippen LogP contribution in [0.5, 0.6) is 0 Å². The maximum absolute atomic E-state index is 12.3. The van der Waals surface area contributed by atoms with Gasteiger partial charge in [-0.2, -0.15) is 0 Å². The maximum atomic E-state index is 12.3. The Kier molecular flexibility index (Phi) is 8.94. The van der Waals surface area contributed by atoms with Gasteiger partial charge in [0.05, 0.1) is 0 Å². The zero-order chi connectivity index (χ0) is 21.4. The van der Waals surface area contributed by atoms with Gasteiger partial charge >= 0.3 is 5.97 Å². The van der Waals surface area contributed by atoms with Crippen LogP contribution in [0.3, 0.4) is 0 Å². The molecule has 0 unspecified atom stereocenters. The highest BCUT2D eigenvalue weighted by Gasteiger charge is 2.32. The number of hydrogen-bond acceptors (Lipinski definition) is 6. The molecule has 0 saturated heterocycles. The molecule has 158 valence electrons. The van der Waals surface area contributed by atoms with Crippen molar-refractivity contribution in [3.63, 3.8) is 0 Å². The summed E-state index contributed by atoms with van der Waals surface area (Å²) in [4.78, 5) is 27.2. The highest BCUT2D eigenvalue weighted by Crippen LogP contribution is 2.35. The average Bonchev–Trinajstić information content (AvgIpc) is 3.23. The number of aromatic carboxylic acids is 1. The van der Waals surface area contributed by atoms with Crippen LogP contribution < -0.4 is 0 Å². The van der Waals surface area contributed by atoms with Gasteiger partial charge in [-0.15, -0.1) is 17.3 Å². The first-order valence-electron chi connectivity index (χ1n) is 9.91. The number of allylic oxidation sites excluding steroid dienone is 1. The Hall–Kier alpha value is -1.62. The maximum Gasteiger partial charge on any atom is 0.355 e. The largest absolute Gasteiger partial charge is 0.476 e. The molecule has 7 heteroatoms. The van der Waals surface area contributed by atoms with Crippen LogP contribution in [0.4, 0.5) is 0 Å². The molecule has 1 saturated carbocycles. The molecular weight excluding hydrogens is 406 g/mol. The minimum absolute atomic E-state index is 0.0189.